The van der Waals surface area contributed by atoms with Crippen molar-refractivity contribution in [3.8, 4) is 11.3 Å². The largest absolute Gasteiger partial charge is 0.298 e. The van der Waals surface area contributed by atoms with Crippen molar-refractivity contribution in [3.63, 3.8) is 0 Å². The van der Waals surface area contributed by atoms with Gasteiger partial charge >= 0.3 is 0 Å². The molecule has 0 atom stereocenters. The topological polar surface area (TPSA) is 52.0 Å². The molecule has 0 spiro atoms. The predicted molar refractivity (Wildman–Crippen MR) is 76.9 cm³/mol. The normalized spacial score (nSPS) is 13.8. The van der Waals surface area contributed by atoms with E-state index in [4.69, 9.17) is 0 Å². The summed E-state index contributed by atoms with van der Waals surface area (Å²) in [6, 6.07) is 7.86. The molecule has 4 nitrogen and oxygen atoms in total. The van der Waals surface area contributed by atoms with Crippen molar-refractivity contribution in [2.45, 2.75) is 25.7 Å². The molecule has 1 aliphatic carbocycles. The summed E-state index contributed by atoms with van der Waals surface area (Å²) >= 11 is 0. The minimum absolute atomic E-state index is 0.148. The summed E-state index contributed by atoms with van der Waals surface area (Å²) in [6.07, 6.45) is 5.29. The number of hydrogen-bond donors (Lipinski definition) is 0. The highest BCUT2D eigenvalue weighted by atomic mass is 16.1. The van der Waals surface area contributed by atoms with Crippen LogP contribution in [0.3, 0.4) is 0 Å². The number of aryl methyl sites for hydroxylation is 3. The van der Waals surface area contributed by atoms with Crippen LogP contribution in [0.15, 0.2) is 29.1 Å². The molecule has 1 aromatic heterocycles. The van der Waals surface area contributed by atoms with Gasteiger partial charge in [-0.05, 0) is 48.9 Å². The maximum Gasteiger partial charge on any atom is 0.277 e. The van der Waals surface area contributed by atoms with E-state index in [-0.39, 0.29) is 11.1 Å². The van der Waals surface area contributed by atoms with E-state index in [0.717, 1.165) is 18.4 Å². The minimum atomic E-state index is -0.360. The van der Waals surface area contributed by atoms with Crippen LogP contribution in [0, 0.1) is 0 Å². The van der Waals surface area contributed by atoms with Gasteiger partial charge in [-0.1, -0.05) is 12.1 Å². The van der Waals surface area contributed by atoms with E-state index >= 15 is 0 Å². The van der Waals surface area contributed by atoms with Crippen molar-refractivity contribution in [2.24, 2.45) is 7.05 Å². The fraction of sp³-hybridized carbons (Fsp3) is 0.312. The second-order valence-corrected chi connectivity index (χ2v) is 5.22. The summed E-state index contributed by atoms with van der Waals surface area (Å²) in [5, 5.41) is 4.25. The Balaban J connectivity index is 2.11. The van der Waals surface area contributed by atoms with Crippen LogP contribution in [0.4, 0.5) is 0 Å². The molecular weight excluding hydrogens is 252 g/mol. The van der Waals surface area contributed by atoms with Crippen LogP contribution in [0.1, 0.15) is 34.3 Å². The van der Waals surface area contributed by atoms with Crippen LogP contribution in [0.5, 0.6) is 0 Å². The lowest BCUT2D eigenvalue weighted by molar-refractivity contribution is 0.112. The highest BCUT2D eigenvalue weighted by Crippen LogP contribution is 2.26. The first kappa shape index (κ1) is 12.8. The molecule has 0 amide bonds. The summed E-state index contributed by atoms with van der Waals surface area (Å²) in [5.41, 5.74) is 4.18. The summed E-state index contributed by atoms with van der Waals surface area (Å²) < 4.78 is 1.22. The molecule has 4 heteroatoms. The average Bonchev–Trinajstić information content (AvgIpc) is 2.49. The summed E-state index contributed by atoms with van der Waals surface area (Å²) in [7, 11) is 1.57. The van der Waals surface area contributed by atoms with Crippen LogP contribution < -0.4 is 5.56 Å². The number of benzene rings is 1. The van der Waals surface area contributed by atoms with Crippen LogP contribution >= 0.6 is 0 Å². The molecule has 0 aliphatic heterocycles. The molecule has 0 saturated heterocycles. The quantitative estimate of drug-likeness (QED) is 0.784. The van der Waals surface area contributed by atoms with Crippen LogP contribution in [0.25, 0.3) is 11.3 Å². The molecule has 2 aromatic rings. The first-order chi connectivity index (χ1) is 9.69. The van der Waals surface area contributed by atoms with Crippen molar-refractivity contribution in [1.82, 2.24) is 9.78 Å². The molecule has 20 heavy (non-hydrogen) atoms. The third-order valence-corrected chi connectivity index (χ3v) is 3.86. The lowest BCUT2D eigenvalue weighted by Crippen LogP contribution is -2.23. The Hall–Kier alpha value is -2.23. The Morgan fingerprint density at radius 1 is 1.15 bits per heavy atom. The molecule has 0 saturated carbocycles. The Kier molecular flexibility index (Phi) is 3.22. The van der Waals surface area contributed by atoms with E-state index < -0.39 is 0 Å². The highest BCUT2D eigenvalue weighted by Gasteiger charge is 2.12. The Morgan fingerprint density at radius 3 is 2.65 bits per heavy atom. The number of hydrogen-bond acceptors (Lipinski definition) is 3. The molecule has 0 N–H and O–H groups in total. The van der Waals surface area contributed by atoms with Gasteiger partial charge in [0.25, 0.3) is 5.56 Å². The fourth-order valence-electron chi connectivity index (χ4n) is 2.75. The van der Waals surface area contributed by atoms with Crippen LogP contribution in [0.2, 0.25) is 0 Å². The maximum absolute atomic E-state index is 11.7. The van der Waals surface area contributed by atoms with Gasteiger partial charge in [-0.25, -0.2) is 4.68 Å². The molecule has 0 fully saturated rings. The van der Waals surface area contributed by atoms with Crippen molar-refractivity contribution < 1.29 is 4.79 Å². The van der Waals surface area contributed by atoms with Crippen molar-refractivity contribution >= 4 is 6.29 Å². The number of aromatic nitrogens is 2. The molecule has 1 heterocycles. The molecule has 0 bridgehead atoms. The Labute approximate surface area is 117 Å². The van der Waals surface area contributed by atoms with E-state index in [0.29, 0.717) is 12.0 Å². The van der Waals surface area contributed by atoms with Crippen LogP contribution in [-0.2, 0) is 19.9 Å². The predicted octanol–water partition coefficient (Wildman–Crippen LogP) is 2.14. The van der Waals surface area contributed by atoms with Crippen molar-refractivity contribution in [3.05, 3.63) is 51.3 Å². The summed E-state index contributed by atoms with van der Waals surface area (Å²) in [6.45, 7) is 0. The number of aldehydes is 1. The Morgan fingerprint density at radius 2 is 1.90 bits per heavy atom. The second kappa shape index (κ2) is 5.04. The molecular formula is C16H16N2O2. The second-order valence-electron chi connectivity index (χ2n) is 5.22. The number of fused-ring (bicyclic) bond motifs is 1. The average molecular weight is 268 g/mol. The molecule has 1 aliphatic rings. The zero-order chi connectivity index (χ0) is 14.1. The first-order valence-electron chi connectivity index (χ1n) is 6.85. The Bertz CT molecular complexity index is 732. The smallest absolute Gasteiger partial charge is 0.277 e. The van der Waals surface area contributed by atoms with Gasteiger partial charge in [-0.3, -0.25) is 9.59 Å². The molecule has 102 valence electrons. The van der Waals surface area contributed by atoms with E-state index in [9.17, 15) is 9.59 Å². The van der Waals surface area contributed by atoms with Gasteiger partial charge in [0.1, 0.15) is 0 Å². The number of carbonyl (C=O) groups excluding carboxylic acids is 1. The lowest BCUT2D eigenvalue weighted by Gasteiger charge is -2.16. The van der Waals surface area contributed by atoms with Crippen molar-refractivity contribution in [2.75, 3.05) is 0 Å². The molecule has 3 rings (SSSR count). The van der Waals surface area contributed by atoms with E-state index in [1.807, 2.05) is 6.07 Å². The molecule has 1 aromatic carbocycles. The van der Waals surface area contributed by atoms with E-state index in [2.05, 4.69) is 17.2 Å². The maximum atomic E-state index is 11.7. The zero-order valence-corrected chi connectivity index (χ0v) is 11.4. The van der Waals surface area contributed by atoms with E-state index in [1.54, 1.807) is 13.1 Å². The summed E-state index contributed by atoms with van der Waals surface area (Å²) in [5.74, 6) is 0. The van der Waals surface area contributed by atoms with Gasteiger partial charge in [0.15, 0.2) is 6.29 Å². The first-order valence-corrected chi connectivity index (χ1v) is 6.85. The number of nitrogens with zero attached hydrogens (tertiary/aromatic N) is 2. The minimum Gasteiger partial charge on any atom is -0.298 e. The standard InChI is InChI=1S/C16H16N2O2/c1-18-16(20)14(10-19)9-15(17-18)13-7-6-11-4-2-3-5-12(11)8-13/h6-10H,2-5H2,1H3. The third kappa shape index (κ3) is 2.18. The van der Waals surface area contributed by atoms with Gasteiger partial charge < -0.3 is 0 Å². The zero-order valence-electron chi connectivity index (χ0n) is 11.4. The van der Waals surface area contributed by atoms with Gasteiger partial charge in [0.2, 0.25) is 0 Å². The number of carbonyl (C=O) groups is 1. The highest BCUT2D eigenvalue weighted by molar-refractivity contribution is 5.77. The third-order valence-electron chi connectivity index (χ3n) is 3.86. The SMILES string of the molecule is Cn1nc(-c2ccc3c(c2)CCCC3)cc(C=O)c1=O. The fourth-order valence-corrected chi connectivity index (χ4v) is 2.75. The lowest BCUT2D eigenvalue weighted by atomic mass is 9.90. The van der Waals surface area contributed by atoms with Gasteiger partial charge in [-0.2, -0.15) is 5.10 Å². The molecule has 0 unspecified atom stereocenters. The van der Waals surface area contributed by atoms with E-state index in [1.165, 1.54) is 28.7 Å². The summed E-state index contributed by atoms with van der Waals surface area (Å²) in [4.78, 5) is 22.6. The molecule has 0 radical (unpaired) electrons. The van der Waals surface area contributed by atoms with Crippen molar-refractivity contribution in [1.29, 1.82) is 0 Å². The van der Waals surface area contributed by atoms with Gasteiger partial charge in [-0.15, -0.1) is 0 Å². The van der Waals surface area contributed by atoms with Gasteiger partial charge in [0, 0.05) is 12.6 Å². The number of rotatable bonds is 2. The van der Waals surface area contributed by atoms with Gasteiger partial charge in [0.05, 0.1) is 11.3 Å². The monoisotopic (exact) mass is 268 g/mol. The van der Waals surface area contributed by atoms with Crippen LogP contribution in [-0.4, -0.2) is 16.1 Å².